The molecule has 3 aromatic rings. The monoisotopic (exact) mass is 437 g/mol. The summed E-state index contributed by atoms with van der Waals surface area (Å²) in [6.45, 7) is 0. The van der Waals surface area contributed by atoms with Crippen molar-refractivity contribution in [2.45, 2.75) is 43.7 Å². The molecule has 5 nitrogen and oxygen atoms in total. The van der Waals surface area contributed by atoms with Crippen LogP contribution in [0, 0.1) is 5.82 Å². The Balaban J connectivity index is 1.36. The third-order valence-electron chi connectivity index (χ3n) is 5.89. The Kier molecular flexibility index (Phi) is 5.10. The van der Waals surface area contributed by atoms with Gasteiger partial charge in [-0.05, 0) is 62.4 Å². The minimum absolute atomic E-state index is 0.102. The fraction of sp³-hybridized carbons (Fsp3) is 0.292. The van der Waals surface area contributed by atoms with Crippen LogP contribution >= 0.6 is 11.6 Å². The van der Waals surface area contributed by atoms with Gasteiger partial charge >= 0.3 is 0 Å². The van der Waals surface area contributed by atoms with Crippen molar-refractivity contribution < 1.29 is 13.9 Å². The minimum atomic E-state index is -0.453. The smallest absolute Gasteiger partial charge is 0.252 e. The summed E-state index contributed by atoms with van der Waals surface area (Å²) in [5.74, 6) is 0.0608. The zero-order valence-electron chi connectivity index (χ0n) is 16.8. The number of halogens is 2. The first-order valence-electron chi connectivity index (χ1n) is 10.4. The molecule has 7 heteroatoms. The molecule has 0 saturated heterocycles. The van der Waals surface area contributed by atoms with Crippen LogP contribution < -0.4 is 10.1 Å². The molecule has 1 amide bonds. The number of rotatable bonds is 5. The molecule has 1 fully saturated rings. The standard InChI is InChI=1S/C24H21ClFN3O2/c25-16-12-18(14-27-13-16)31-21-3-1-2-20-19(21)8-9-22(28-20)24(10-11-24)29-23(30)15-4-6-17(26)7-5-15/h4-9,12-14,21H,1-3,10-11H2,(H,29,30)/t21-/m1/s1. The predicted molar refractivity (Wildman–Crippen MR) is 115 cm³/mol. The molecule has 2 aromatic heterocycles. The Labute approximate surface area is 184 Å². The van der Waals surface area contributed by atoms with Crippen LogP contribution in [0.2, 0.25) is 5.02 Å². The van der Waals surface area contributed by atoms with E-state index in [1.807, 2.05) is 6.07 Å². The molecule has 0 unspecified atom stereocenters. The van der Waals surface area contributed by atoms with E-state index in [0.29, 0.717) is 16.3 Å². The molecular formula is C24H21ClFN3O2. The van der Waals surface area contributed by atoms with Crippen molar-refractivity contribution in [2.75, 3.05) is 0 Å². The molecule has 2 heterocycles. The fourth-order valence-electron chi connectivity index (χ4n) is 4.09. The van der Waals surface area contributed by atoms with Crippen LogP contribution in [0.1, 0.15) is 59.1 Å². The summed E-state index contributed by atoms with van der Waals surface area (Å²) >= 11 is 6.03. The normalized spacial score (nSPS) is 18.7. The lowest BCUT2D eigenvalue weighted by atomic mass is 9.92. The number of hydrogen-bond donors (Lipinski definition) is 1. The second-order valence-electron chi connectivity index (χ2n) is 8.11. The quantitative estimate of drug-likeness (QED) is 0.600. The van der Waals surface area contributed by atoms with E-state index in [1.54, 1.807) is 18.5 Å². The van der Waals surface area contributed by atoms with E-state index in [0.717, 1.165) is 49.1 Å². The van der Waals surface area contributed by atoms with E-state index in [2.05, 4.69) is 16.4 Å². The van der Waals surface area contributed by atoms with Gasteiger partial charge < -0.3 is 10.1 Å². The summed E-state index contributed by atoms with van der Waals surface area (Å²) in [5, 5.41) is 3.64. The van der Waals surface area contributed by atoms with Gasteiger partial charge in [-0.1, -0.05) is 17.7 Å². The van der Waals surface area contributed by atoms with Crippen LogP contribution in [0.25, 0.3) is 0 Å². The van der Waals surface area contributed by atoms with Crippen LogP contribution in [0.3, 0.4) is 0 Å². The van der Waals surface area contributed by atoms with Crippen LogP contribution in [0.4, 0.5) is 4.39 Å². The molecule has 0 bridgehead atoms. The highest BCUT2D eigenvalue weighted by molar-refractivity contribution is 6.30. The van der Waals surface area contributed by atoms with Crippen LogP contribution in [0.15, 0.2) is 54.9 Å². The van der Waals surface area contributed by atoms with Crippen molar-refractivity contribution in [1.29, 1.82) is 0 Å². The number of amides is 1. The molecule has 1 atom stereocenters. The Hall–Kier alpha value is -2.99. The molecule has 1 N–H and O–H groups in total. The average molecular weight is 438 g/mol. The molecule has 1 saturated carbocycles. The third kappa shape index (κ3) is 4.12. The van der Waals surface area contributed by atoms with Gasteiger partial charge in [0.2, 0.25) is 0 Å². The number of ether oxygens (including phenoxy) is 1. The van der Waals surface area contributed by atoms with E-state index in [1.165, 1.54) is 24.3 Å². The second kappa shape index (κ2) is 7.93. The molecule has 158 valence electrons. The summed E-state index contributed by atoms with van der Waals surface area (Å²) < 4.78 is 19.3. The molecule has 5 rings (SSSR count). The first-order chi connectivity index (χ1) is 15.0. The second-order valence-corrected chi connectivity index (χ2v) is 8.55. The number of nitrogens with one attached hydrogen (secondary N) is 1. The van der Waals surface area contributed by atoms with E-state index in [9.17, 15) is 9.18 Å². The molecular weight excluding hydrogens is 417 g/mol. The van der Waals surface area contributed by atoms with E-state index in [4.69, 9.17) is 21.3 Å². The maximum Gasteiger partial charge on any atom is 0.252 e. The number of carbonyl (C=O) groups is 1. The zero-order chi connectivity index (χ0) is 21.4. The number of benzene rings is 1. The fourth-order valence-corrected chi connectivity index (χ4v) is 4.25. The Morgan fingerprint density at radius 1 is 1.16 bits per heavy atom. The number of carbonyl (C=O) groups excluding carboxylic acids is 1. The van der Waals surface area contributed by atoms with Gasteiger partial charge in [-0.25, -0.2) is 4.39 Å². The molecule has 31 heavy (non-hydrogen) atoms. The van der Waals surface area contributed by atoms with Crippen molar-refractivity contribution in [2.24, 2.45) is 0 Å². The molecule has 0 radical (unpaired) electrons. The van der Waals surface area contributed by atoms with Gasteiger partial charge in [0.25, 0.3) is 5.91 Å². The first kappa shape index (κ1) is 19.9. The van der Waals surface area contributed by atoms with Gasteiger partial charge in [-0.3, -0.25) is 14.8 Å². The van der Waals surface area contributed by atoms with Crippen LogP contribution in [-0.2, 0) is 12.0 Å². The Morgan fingerprint density at radius 3 is 2.71 bits per heavy atom. The van der Waals surface area contributed by atoms with Crippen molar-refractivity contribution in [3.05, 3.63) is 88.2 Å². The van der Waals surface area contributed by atoms with Crippen molar-refractivity contribution in [3.63, 3.8) is 0 Å². The third-order valence-corrected chi connectivity index (χ3v) is 6.10. The van der Waals surface area contributed by atoms with Gasteiger partial charge in [-0.15, -0.1) is 0 Å². The largest absolute Gasteiger partial charge is 0.484 e. The highest BCUT2D eigenvalue weighted by Gasteiger charge is 2.47. The zero-order valence-corrected chi connectivity index (χ0v) is 17.5. The van der Waals surface area contributed by atoms with E-state index in [-0.39, 0.29) is 17.8 Å². The molecule has 0 aliphatic heterocycles. The van der Waals surface area contributed by atoms with E-state index >= 15 is 0 Å². The van der Waals surface area contributed by atoms with Gasteiger partial charge in [0.15, 0.2) is 0 Å². The van der Waals surface area contributed by atoms with Gasteiger partial charge in [0.05, 0.1) is 22.5 Å². The minimum Gasteiger partial charge on any atom is -0.484 e. The summed E-state index contributed by atoms with van der Waals surface area (Å²) in [6, 6.07) is 11.4. The highest BCUT2D eigenvalue weighted by atomic mass is 35.5. The highest BCUT2D eigenvalue weighted by Crippen LogP contribution is 2.46. The number of fused-ring (bicyclic) bond motifs is 1. The number of hydrogen-bond acceptors (Lipinski definition) is 4. The van der Waals surface area contributed by atoms with Crippen molar-refractivity contribution >= 4 is 17.5 Å². The summed E-state index contributed by atoms with van der Waals surface area (Å²) in [4.78, 5) is 21.7. The maximum atomic E-state index is 13.2. The Morgan fingerprint density at radius 2 is 1.97 bits per heavy atom. The molecule has 2 aliphatic rings. The maximum absolute atomic E-state index is 13.2. The van der Waals surface area contributed by atoms with Gasteiger partial charge in [0.1, 0.15) is 17.7 Å². The SMILES string of the molecule is O=C(NC1(c2ccc3c(n2)CCC[C@H]3Oc2cncc(Cl)c2)CC1)c1ccc(F)cc1. The molecule has 0 spiro atoms. The van der Waals surface area contributed by atoms with Crippen molar-refractivity contribution in [1.82, 2.24) is 15.3 Å². The topological polar surface area (TPSA) is 64.1 Å². The van der Waals surface area contributed by atoms with Crippen LogP contribution in [0.5, 0.6) is 5.75 Å². The van der Waals surface area contributed by atoms with Gasteiger partial charge in [-0.2, -0.15) is 0 Å². The summed E-state index contributed by atoms with van der Waals surface area (Å²) in [7, 11) is 0. The lowest BCUT2D eigenvalue weighted by molar-refractivity contribution is 0.0929. The summed E-state index contributed by atoms with van der Waals surface area (Å²) in [5.41, 5.74) is 2.92. The predicted octanol–water partition coefficient (Wildman–Crippen LogP) is 5.14. The average Bonchev–Trinajstić information content (AvgIpc) is 3.55. The number of aryl methyl sites for hydroxylation is 1. The first-order valence-corrected chi connectivity index (χ1v) is 10.8. The summed E-state index contributed by atoms with van der Waals surface area (Å²) in [6.07, 6.45) is 7.54. The van der Waals surface area contributed by atoms with Gasteiger partial charge in [0, 0.05) is 29.1 Å². The number of pyridine rings is 2. The molecule has 2 aliphatic carbocycles. The Bertz CT molecular complexity index is 1130. The van der Waals surface area contributed by atoms with E-state index < -0.39 is 5.54 Å². The number of aromatic nitrogens is 2. The lowest BCUT2D eigenvalue weighted by Gasteiger charge is -2.27. The van der Waals surface area contributed by atoms with Crippen molar-refractivity contribution in [3.8, 4) is 5.75 Å². The van der Waals surface area contributed by atoms with Crippen LogP contribution in [-0.4, -0.2) is 15.9 Å². The lowest BCUT2D eigenvalue weighted by Crippen LogP contribution is -2.36. The molecule has 1 aromatic carbocycles. The number of nitrogens with zero attached hydrogens (tertiary/aromatic N) is 2.